The zero-order valence-corrected chi connectivity index (χ0v) is 13.7. The molecule has 0 bridgehead atoms. The first-order valence-electron chi connectivity index (χ1n) is 7.28. The highest BCUT2D eigenvalue weighted by Crippen LogP contribution is 2.26. The topological polar surface area (TPSA) is 110 Å². The van der Waals surface area contributed by atoms with Crippen molar-refractivity contribution >= 4 is 29.2 Å². The summed E-state index contributed by atoms with van der Waals surface area (Å²) in [6, 6.07) is 3.48. The fraction of sp³-hybridized carbons (Fsp3) is 0.467. The highest BCUT2D eigenvalue weighted by Gasteiger charge is 2.36. The molecule has 1 N–H and O–H groups in total. The summed E-state index contributed by atoms with van der Waals surface area (Å²) in [4.78, 5) is 35.1. The van der Waals surface area contributed by atoms with E-state index in [1.165, 1.54) is 30.2 Å². The third kappa shape index (κ3) is 4.21. The number of rotatable bonds is 6. The van der Waals surface area contributed by atoms with Crippen molar-refractivity contribution in [3.05, 3.63) is 38.9 Å². The van der Waals surface area contributed by atoms with Gasteiger partial charge in [-0.25, -0.2) is 0 Å². The van der Waals surface area contributed by atoms with Gasteiger partial charge >= 0.3 is 5.97 Å². The maximum absolute atomic E-state index is 12.5. The number of ether oxygens (including phenoxy) is 1. The van der Waals surface area contributed by atoms with Gasteiger partial charge in [-0.1, -0.05) is 17.7 Å². The summed E-state index contributed by atoms with van der Waals surface area (Å²) >= 11 is 6.01. The van der Waals surface area contributed by atoms with Crippen molar-refractivity contribution in [2.45, 2.75) is 31.4 Å². The van der Waals surface area contributed by atoms with E-state index in [0.29, 0.717) is 18.5 Å². The standard InChI is InChI=1S/C15H17ClN2O6/c1-24-12-5-11(7-15(20)21)17(8-12)14(19)4-9-2-3-10(18(22)23)6-13(9)16/h2-3,6,11-12H,4-5,7-8H2,1H3,(H,20,21). The Morgan fingerprint density at radius 1 is 1.50 bits per heavy atom. The van der Waals surface area contributed by atoms with Crippen LogP contribution in [-0.2, 0) is 20.7 Å². The van der Waals surface area contributed by atoms with Gasteiger partial charge in [0.05, 0.1) is 28.9 Å². The Morgan fingerprint density at radius 2 is 2.21 bits per heavy atom. The van der Waals surface area contributed by atoms with Crippen molar-refractivity contribution in [1.29, 1.82) is 0 Å². The van der Waals surface area contributed by atoms with Gasteiger partial charge in [-0.05, 0) is 12.0 Å². The van der Waals surface area contributed by atoms with Crippen LogP contribution >= 0.6 is 11.6 Å². The van der Waals surface area contributed by atoms with Crippen LogP contribution in [0.15, 0.2) is 18.2 Å². The minimum absolute atomic E-state index is 0.0522. The van der Waals surface area contributed by atoms with Crippen molar-refractivity contribution in [3.63, 3.8) is 0 Å². The lowest BCUT2D eigenvalue weighted by Crippen LogP contribution is -2.38. The molecule has 130 valence electrons. The first-order chi connectivity index (χ1) is 11.3. The molecule has 0 spiro atoms. The molecule has 1 aromatic rings. The molecule has 1 aliphatic rings. The maximum Gasteiger partial charge on any atom is 0.305 e. The third-order valence-electron chi connectivity index (χ3n) is 4.03. The molecular weight excluding hydrogens is 340 g/mol. The molecule has 1 aromatic carbocycles. The highest BCUT2D eigenvalue weighted by atomic mass is 35.5. The van der Waals surface area contributed by atoms with Gasteiger partial charge in [-0.3, -0.25) is 19.7 Å². The second-order valence-electron chi connectivity index (χ2n) is 5.60. The molecule has 1 fully saturated rings. The summed E-state index contributed by atoms with van der Waals surface area (Å²) in [7, 11) is 1.52. The van der Waals surface area contributed by atoms with Crippen molar-refractivity contribution in [3.8, 4) is 0 Å². The normalized spacial score (nSPS) is 20.2. The van der Waals surface area contributed by atoms with Gasteiger partial charge < -0.3 is 14.7 Å². The minimum Gasteiger partial charge on any atom is -0.481 e. The summed E-state index contributed by atoms with van der Waals surface area (Å²) in [5.74, 6) is -1.26. The van der Waals surface area contributed by atoms with E-state index in [1.807, 2.05) is 0 Å². The van der Waals surface area contributed by atoms with Crippen LogP contribution in [-0.4, -0.2) is 52.6 Å². The molecule has 0 aliphatic carbocycles. The Morgan fingerprint density at radius 3 is 2.75 bits per heavy atom. The number of likely N-dealkylation sites (tertiary alicyclic amines) is 1. The smallest absolute Gasteiger partial charge is 0.305 e. The number of hydrogen-bond acceptors (Lipinski definition) is 5. The van der Waals surface area contributed by atoms with E-state index < -0.39 is 16.9 Å². The third-order valence-corrected chi connectivity index (χ3v) is 4.38. The molecule has 24 heavy (non-hydrogen) atoms. The molecule has 1 aliphatic heterocycles. The molecular formula is C15H17ClN2O6. The summed E-state index contributed by atoms with van der Waals surface area (Å²) < 4.78 is 5.23. The molecule has 1 saturated heterocycles. The highest BCUT2D eigenvalue weighted by molar-refractivity contribution is 6.31. The molecule has 2 unspecified atom stereocenters. The molecule has 0 saturated carbocycles. The summed E-state index contributed by atoms with van der Waals surface area (Å²) in [6.07, 6.45) is 0.0523. The van der Waals surface area contributed by atoms with Gasteiger partial charge in [0.15, 0.2) is 0 Å². The molecule has 8 nitrogen and oxygen atoms in total. The number of amides is 1. The first-order valence-corrected chi connectivity index (χ1v) is 7.66. The summed E-state index contributed by atoms with van der Waals surface area (Å²) in [6.45, 7) is 0.317. The van der Waals surface area contributed by atoms with E-state index in [9.17, 15) is 19.7 Å². The van der Waals surface area contributed by atoms with Gasteiger partial charge in [-0.2, -0.15) is 0 Å². The number of carbonyl (C=O) groups excluding carboxylic acids is 1. The van der Waals surface area contributed by atoms with Crippen molar-refractivity contribution in [1.82, 2.24) is 4.90 Å². The number of nitro groups is 1. The Kier molecular flexibility index (Phi) is 5.74. The number of carboxylic acids is 1. The van der Waals surface area contributed by atoms with Crippen LogP contribution in [0.4, 0.5) is 5.69 Å². The van der Waals surface area contributed by atoms with Gasteiger partial charge in [0, 0.05) is 31.8 Å². The number of aliphatic carboxylic acids is 1. The molecule has 9 heteroatoms. The van der Waals surface area contributed by atoms with Gasteiger partial charge in [0.2, 0.25) is 5.91 Å². The number of nitrogens with zero attached hydrogens (tertiary/aromatic N) is 2. The quantitative estimate of drug-likeness (QED) is 0.615. The van der Waals surface area contributed by atoms with Crippen LogP contribution in [0.1, 0.15) is 18.4 Å². The zero-order valence-electron chi connectivity index (χ0n) is 13.0. The van der Waals surface area contributed by atoms with Crippen molar-refractivity contribution in [2.24, 2.45) is 0 Å². The number of nitro benzene ring substituents is 1. The largest absolute Gasteiger partial charge is 0.481 e. The number of hydrogen-bond donors (Lipinski definition) is 1. The second-order valence-corrected chi connectivity index (χ2v) is 6.01. The number of halogens is 1. The molecule has 2 rings (SSSR count). The van der Waals surface area contributed by atoms with Crippen molar-refractivity contribution < 1.29 is 24.4 Å². The van der Waals surface area contributed by atoms with Crippen LogP contribution < -0.4 is 0 Å². The fourth-order valence-corrected chi connectivity index (χ4v) is 3.04. The predicted octanol–water partition coefficient (Wildman–Crippen LogP) is 1.88. The number of carbonyl (C=O) groups is 2. The lowest BCUT2D eigenvalue weighted by atomic mass is 10.1. The SMILES string of the molecule is COC1CC(CC(=O)O)N(C(=O)Cc2ccc([N+](=O)[O-])cc2Cl)C1. The Hall–Kier alpha value is -2.19. The first kappa shape index (κ1) is 18.2. The number of non-ortho nitro benzene ring substituents is 1. The molecule has 1 amide bonds. The van der Waals surface area contributed by atoms with E-state index in [2.05, 4.69) is 0 Å². The lowest BCUT2D eigenvalue weighted by Gasteiger charge is -2.23. The zero-order chi connectivity index (χ0) is 17.9. The maximum atomic E-state index is 12.5. The van der Waals surface area contributed by atoms with Gasteiger partial charge in [-0.15, -0.1) is 0 Å². The monoisotopic (exact) mass is 356 g/mol. The fourth-order valence-electron chi connectivity index (χ4n) is 2.80. The summed E-state index contributed by atoms with van der Waals surface area (Å²) in [5.41, 5.74) is 0.308. The molecule has 0 radical (unpaired) electrons. The van der Waals surface area contributed by atoms with Crippen molar-refractivity contribution in [2.75, 3.05) is 13.7 Å². The molecule has 1 heterocycles. The Balaban J connectivity index is 2.12. The van der Waals surface area contributed by atoms with E-state index >= 15 is 0 Å². The van der Waals surface area contributed by atoms with Crippen LogP contribution in [0.3, 0.4) is 0 Å². The number of benzene rings is 1. The average Bonchev–Trinajstić information content (AvgIpc) is 2.91. The second kappa shape index (κ2) is 7.59. The van der Waals surface area contributed by atoms with Gasteiger partial charge in [0.1, 0.15) is 0 Å². The van der Waals surface area contributed by atoms with E-state index in [1.54, 1.807) is 0 Å². The number of methoxy groups -OCH3 is 1. The average molecular weight is 357 g/mol. The minimum atomic E-state index is -0.983. The van der Waals surface area contributed by atoms with Crippen LogP contribution in [0.2, 0.25) is 5.02 Å². The van der Waals surface area contributed by atoms with E-state index in [0.717, 1.165) is 0 Å². The van der Waals surface area contributed by atoms with Crippen LogP contribution in [0.25, 0.3) is 0 Å². The molecule has 2 atom stereocenters. The van der Waals surface area contributed by atoms with Crippen LogP contribution in [0.5, 0.6) is 0 Å². The summed E-state index contributed by atoms with van der Waals surface area (Å²) in [5, 5.41) is 19.8. The Bertz CT molecular complexity index is 665. The lowest BCUT2D eigenvalue weighted by molar-refractivity contribution is -0.384. The molecule has 0 aromatic heterocycles. The van der Waals surface area contributed by atoms with Gasteiger partial charge in [0.25, 0.3) is 5.69 Å². The predicted molar refractivity (Wildman–Crippen MR) is 85.0 cm³/mol. The van der Waals surface area contributed by atoms with E-state index in [4.69, 9.17) is 21.4 Å². The number of carboxylic acid groups (broad SMARTS) is 1. The van der Waals surface area contributed by atoms with Crippen LogP contribution in [0, 0.1) is 10.1 Å². The Labute approximate surface area is 143 Å². The van der Waals surface area contributed by atoms with E-state index in [-0.39, 0.29) is 35.6 Å².